The molecular weight excluding hydrogens is 416 g/mol. The van der Waals surface area contributed by atoms with E-state index in [-0.39, 0.29) is 17.4 Å². The molecule has 1 aromatic rings. The molecule has 182 valence electrons. The zero-order valence-electron chi connectivity index (χ0n) is 20.9. The van der Waals surface area contributed by atoms with E-state index in [4.69, 9.17) is 4.74 Å². The largest absolute Gasteiger partial charge is 0.444 e. The van der Waals surface area contributed by atoms with Crippen LogP contribution in [0.2, 0.25) is 0 Å². The van der Waals surface area contributed by atoms with Gasteiger partial charge in [0, 0.05) is 37.4 Å². The first-order chi connectivity index (χ1) is 15.6. The molecule has 2 heterocycles. The van der Waals surface area contributed by atoms with E-state index in [0.717, 1.165) is 69.5 Å². The number of carbonyl (C=O) groups is 2. The van der Waals surface area contributed by atoms with Gasteiger partial charge < -0.3 is 25.2 Å². The van der Waals surface area contributed by atoms with Gasteiger partial charge in [-0.1, -0.05) is 0 Å². The van der Waals surface area contributed by atoms with Gasteiger partial charge in [-0.25, -0.2) is 4.79 Å². The van der Waals surface area contributed by atoms with Crippen LogP contribution in [0, 0.1) is 5.41 Å². The number of hydrogen-bond donors (Lipinski definition) is 2. The van der Waals surface area contributed by atoms with E-state index in [2.05, 4.69) is 28.6 Å². The van der Waals surface area contributed by atoms with Gasteiger partial charge >= 0.3 is 6.09 Å². The third-order valence-corrected chi connectivity index (χ3v) is 7.50. The van der Waals surface area contributed by atoms with Crippen molar-refractivity contribution in [1.29, 1.82) is 0 Å². The average molecular weight is 457 g/mol. The van der Waals surface area contributed by atoms with Gasteiger partial charge in [0.2, 0.25) is 0 Å². The smallest absolute Gasteiger partial charge is 0.410 e. The van der Waals surface area contributed by atoms with Crippen LogP contribution in [0.5, 0.6) is 0 Å². The normalized spacial score (nSPS) is 26.2. The molecule has 2 amide bonds. The van der Waals surface area contributed by atoms with Crippen LogP contribution in [-0.4, -0.2) is 73.7 Å². The van der Waals surface area contributed by atoms with Crippen LogP contribution < -0.4 is 10.6 Å². The highest BCUT2D eigenvalue weighted by molar-refractivity contribution is 5.96. The summed E-state index contributed by atoms with van der Waals surface area (Å²) in [6.07, 6.45) is 5.14. The quantitative estimate of drug-likeness (QED) is 0.715. The Morgan fingerprint density at radius 3 is 2.45 bits per heavy atom. The summed E-state index contributed by atoms with van der Waals surface area (Å²) in [5.41, 5.74) is 2.82. The third kappa shape index (κ3) is 5.45. The number of nitrogens with one attached hydrogen (secondary N) is 2. The molecular formula is C26H40N4O3. The molecule has 0 unspecified atom stereocenters. The highest BCUT2D eigenvalue weighted by Crippen LogP contribution is 2.49. The fourth-order valence-electron chi connectivity index (χ4n) is 5.73. The van der Waals surface area contributed by atoms with Gasteiger partial charge in [0.25, 0.3) is 5.91 Å². The Labute approximate surface area is 198 Å². The summed E-state index contributed by atoms with van der Waals surface area (Å²) in [4.78, 5) is 29.2. The van der Waals surface area contributed by atoms with E-state index in [9.17, 15) is 9.59 Å². The lowest BCUT2D eigenvalue weighted by Crippen LogP contribution is -2.47. The topological polar surface area (TPSA) is 73.9 Å². The Hall–Kier alpha value is -2.28. The summed E-state index contributed by atoms with van der Waals surface area (Å²) in [6.45, 7) is 9.43. The molecule has 7 nitrogen and oxygen atoms in total. The zero-order valence-corrected chi connectivity index (χ0v) is 20.9. The third-order valence-electron chi connectivity index (χ3n) is 7.50. The maximum absolute atomic E-state index is 12.5. The van der Waals surface area contributed by atoms with Gasteiger partial charge in [0.05, 0.1) is 0 Å². The van der Waals surface area contributed by atoms with Crippen LogP contribution in [0.15, 0.2) is 18.2 Å². The Morgan fingerprint density at radius 1 is 1.12 bits per heavy atom. The number of benzene rings is 1. The number of rotatable bonds is 4. The van der Waals surface area contributed by atoms with Crippen molar-refractivity contribution < 1.29 is 14.3 Å². The number of piperidine rings is 1. The second kappa shape index (κ2) is 9.16. The van der Waals surface area contributed by atoms with Crippen molar-refractivity contribution in [2.24, 2.45) is 5.41 Å². The summed E-state index contributed by atoms with van der Waals surface area (Å²) in [6, 6.07) is 6.62. The minimum Gasteiger partial charge on any atom is -0.444 e. The van der Waals surface area contributed by atoms with Crippen molar-refractivity contribution in [2.75, 3.05) is 45.6 Å². The lowest BCUT2D eigenvalue weighted by Gasteiger charge is -2.46. The molecule has 1 aromatic carbocycles. The van der Waals surface area contributed by atoms with Gasteiger partial charge in [0.15, 0.2) is 0 Å². The molecule has 4 rings (SSSR count). The highest BCUT2D eigenvalue weighted by Gasteiger charge is 2.50. The first kappa shape index (κ1) is 23.9. The predicted molar refractivity (Wildman–Crippen MR) is 131 cm³/mol. The molecule has 7 heteroatoms. The molecule has 0 atom stereocenters. The van der Waals surface area contributed by atoms with Gasteiger partial charge in [-0.2, -0.15) is 0 Å². The average Bonchev–Trinajstić information content (AvgIpc) is 3.18. The van der Waals surface area contributed by atoms with E-state index in [1.165, 1.54) is 5.56 Å². The predicted octanol–water partition coefficient (Wildman–Crippen LogP) is 4.06. The second-order valence-electron chi connectivity index (χ2n) is 11.4. The second-order valence-corrected chi connectivity index (χ2v) is 11.4. The summed E-state index contributed by atoms with van der Waals surface area (Å²) < 4.78 is 5.56. The van der Waals surface area contributed by atoms with E-state index >= 15 is 0 Å². The molecule has 1 aliphatic carbocycles. The first-order valence-electron chi connectivity index (χ1n) is 12.4. The molecule has 2 N–H and O–H groups in total. The van der Waals surface area contributed by atoms with Gasteiger partial charge in [-0.05, 0) is 108 Å². The molecule has 1 saturated carbocycles. The van der Waals surface area contributed by atoms with Crippen LogP contribution in [0.4, 0.5) is 10.5 Å². The van der Waals surface area contributed by atoms with Gasteiger partial charge in [-0.3, -0.25) is 4.79 Å². The Kier molecular flexibility index (Phi) is 6.63. The maximum Gasteiger partial charge on any atom is 0.410 e. The van der Waals surface area contributed by atoms with E-state index < -0.39 is 5.60 Å². The van der Waals surface area contributed by atoms with Crippen molar-refractivity contribution >= 4 is 17.7 Å². The first-order valence-corrected chi connectivity index (χ1v) is 12.4. The van der Waals surface area contributed by atoms with E-state index in [1.807, 2.05) is 37.8 Å². The summed E-state index contributed by atoms with van der Waals surface area (Å²) in [5, 5.41) is 6.51. The van der Waals surface area contributed by atoms with Crippen molar-refractivity contribution in [3.63, 3.8) is 0 Å². The molecule has 0 bridgehead atoms. The molecule has 3 aliphatic rings. The molecule has 2 aliphatic heterocycles. The number of amides is 2. The van der Waals surface area contributed by atoms with E-state index in [0.29, 0.717) is 12.0 Å². The van der Waals surface area contributed by atoms with E-state index in [1.54, 1.807) is 7.05 Å². The van der Waals surface area contributed by atoms with Crippen LogP contribution in [-0.2, 0) is 4.74 Å². The monoisotopic (exact) mass is 456 g/mol. The minimum absolute atomic E-state index is 0.00809. The number of hydrogen-bond acceptors (Lipinski definition) is 5. The molecule has 0 radical (unpaired) electrons. The van der Waals surface area contributed by atoms with Crippen molar-refractivity contribution in [2.45, 2.75) is 70.4 Å². The van der Waals surface area contributed by atoms with Crippen LogP contribution in [0.1, 0.15) is 74.7 Å². The maximum atomic E-state index is 12.5. The van der Waals surface area contributed by atoms with Crippen LogP contribution >= 0.6 is 0 Å². The number of anilines is 1. The number of ether oxygens (including phenoxy) is 1. The standard InChI is InChI=1S/C26H40N4O3/c1-25(2,3)33-24(32)30-13-10-26(17-30)15-20(16-26)28-19-6-7-21(23(31)27-4)22(14-19)18-8-11-29(5)12-9-18/h6-7,14,18,20,28H,8-13,15-17H2,1-5H3,(H,27,31). The number of nitrogens with zero attached hydrogens (tertiary/aromatic N) is 2. The van der Waals surface area contributed by atoms with Crippen LogP contribution in [0.25, 0.3) is 0 Å². The summed E-state index contributed by atoms with van der Waals surface area (Å²) in [5.74, 6) is 0.409. The lowest BCUT2D eigenvalue weighted by molar-refractivity contribution is 0.0237. The Bertz CT molecular complexity index is 880. The van der Waals surface area contributed by atoms with Crippen molar-refractivity contribution in [3.05, 3.63) is 29.3 Å². The van der Waals surface area contributed by atoms with Gasteiger partial charge in [0.1, 0.15) is 5.60 Å². The van der Waals surface area contributed by atoms with Crippen LogP contribution in [0.3, 0.4) is 0 Å². The molecule has 0 aromatic heterocycles. The summed E-state index contributed by atoms with van der Waals surface area (Å²) in [7, 11) is 3.86. The fourth-order valence-corrected chi connectivity index (χ4v) is 5.73. The highest BCUT2D eigenvalue weighted by atomic mass is 16.6. The van der Waals surface area contributed by atoms with Crippen molar-refractivity contribution in [1.82, 2.24) is 15.1 Å². The lowest BCUT2D eigenvalue weighted by atomic mass is 9.65. The SMILES string of the molecule is CNC(=O)c1ccc(NC2CC3(CCN(C(=O)OC(C)(C)C)C3)C2)cc1C1CCN(C)CC1. The Morgan fingerprint density at radius 2 is 1.82 bits per heavy atom. The zero-order chi connectivity index (χ0) is 23.8. The molecule has 3 fully saturated rings. The molecule has 33 heavy (non-hydrogen) atoms. The molecule has 2 saturated heterocycles. The number of carbonyl (C=O) groups excluding carboxylic acids is 2. The molecule has 1 spiro atoms. The fraction of sp³-hybridized carbons (Fsp3) is 0.692. The van der Waals surface area contributed by atoms with Gasteiger partial charge in [-0.15, -0.1) is 0 Å². The summed E-state index contributed by atoms with van der Waals surface area (Å²) >= 11 is 0. The van der Waals surface area contributed by atoms with Crippen molar-refractivity contribution in [3.8, 4) is 0 Å². The Balaban J connectivity index is 1.38. The minimum atomic E-state index is -0.456. The number of likely N-dealkylation sites (tertiary alicyclic amines) is 2.